The van der Waals surface area contributed by atoms with E-state index in [1.165, 1.54) is 6.07 Å². The smallest absolute Gasteiger partial charge is 0.258 e. The first-order chi connectivity index (χ1) is 6.06. The van der Waals surface area contributed by atoms with Crippen molar-refractivity contribution in [3.63, 3.8) is 0 Å². The average molecular weight is 309 g/mol. The lowest BCUT2D eigenvalue weighted by molar-refractivity contribution is -0.385. The molecule has 0 radical (unpaired) electrons. The minimum atomic E-state index is -0.377. The molecule has 0 spiro atoms. The zero-order valence-corrected chi connectivity index (χ0v) is 10.1. The molecule has 0 bridgehead atoms. The van der Waals surface area contributed by atoms with Crippen molar-refractivity contribution in [1.82, 2.24) is 0 Å². The van der Waals surface area contributed by atoms with Crippen molar-refractivity contribution in [3.05, 3.63) is 37.8 Å². The van der Waals surface area contributed by atoms with Crippen LogP contribution in [-0.4, -0.2) is 4.92 Å². The fraction of sp³-hybridized carbons (Fsp3) is 0.250. The summed E-state index contributed by atoms with van der Waals surface area (Å²) in [7, 11) is 0. The summed E-state index contributed by atoms with van der Waals surface area (Å²) in [6.45, 7) is 1.73. The zero-order chi connectivity index (χ0) is 10.0. The first kappa shape index (κ1) is 10.7. The Morgan fingerprint density at radius 2 is 2.15 bits per heavy atom. The maximum atomic E-state index is 10.5. The molecule has 13 heavy (non-hydrogen) atoms. The van der Waals surface area contributed by atoms with Crippen molar-refractivity contribution in [2.24, 2.45) is 0 Å². The minimum absolute atomic E-state index is 0.150. The van der Waals surface area contributed by atoms with E-state index in [0.29, 0.717) is 10.9 Å². The topological polar surface area (TPSA) is 43.1 Å². The molecule has 0 aliphatic heterocycles. The largest absolute Gasteiger partial charge is 0.273 e. The van der Waals surface area contributed by atoms with Gasteiger partial charge >= 0.3 is 0 Å². The lowest BCUT2D eigenvalue weighted by Crippen LogP contribution is -1.93. The molecule has 70 valence electrons. The summed E-state index contributed by atoms with van der Waals surface area (Å²) < 4.78 is 0.765. The molecule has 0 saturated carbocycles. The number of aryl methyl sites for hydroxylation is 1. The first-order valence-electron chi connectivity index (χ1n) is 3.55. The van der Waals surface area contributed by atoms with Crippen molar-refractivity contribution in [2.45, 2.75) is 12.3 Å². The van der Waals surface area contributed by atoms with Gasteiger partial charge in [-0.15, -0.1) is 0 Å². The number of alkyl halides is 1. The van der Waals surface area contributed by atoms with Gasteiger partial charge in [-0.3, -0.25) is 10.1 Å². The van der Waals surface area contributed by atoms with Gasteiger partial charge in [-0.05, 0) is 18.6 Å². The molecule has 1 rings (SSSR count). The molecule has 0 aliphatic rings. The van der Waals surface area contributed by atoms with E-state index in [1.54, 1.807) is 13.0 Å². The van der Waals surface area contributed by atoms with Gasteiger partial charge in [-0.2, -0.15) is 0 Å². The standard InChI is InChI=1S/C8H7Br2NO2/c1-5-2-6(4-9)7(10)3-8(5)11(12)13/h2-3H,4H2,1H3. The van der Waals surface area contributed by atoms with Gasteiger partial charge in [0.2, 0.25) is 0 Å². The third-order valence-electron chi connectivity index (χ3n) is 1.71. The van der Waals surface area contributed by atoms with Gasteiger partial charge in [-0.25, -0.2) is 0 Å². The Hall–Kier alpha value is -0.420. The Morgan fingerprint density at radius 3 is 2.62 bits per heavy atom. The molecule has 0 saturated heterocycles. The second-order valence-corrected chi connectivity index (χ2v) is 4.04. The Kier molecular flexibility index (Phi) is 3.44. The van der Waals surface area contributed by atoms with Gasteiger partial charge in [0.1, 0.15) is 0 Å². The molecule has 3 nitrogen and oxygen atoms in total. The number of hydrogen-bond acceptors (Lipinski definition) is 2. The summed E-state index contributed by atoms with van der Waals surface area (Å²) in [5, 5.41) is 11.2. The Labute approximate surface area is 92.5 Å². The number of nitrogens with zero attached hydrogens (tertiary/aromatic N) is 1. The number of nitro groups is 1. The summed E-state index contributed by atoms with van der Waals surface area (Å²) in [6, 6.07) is 3.34. The maximum absolute atomic E-state index is 10.5. The fourth-order valence-corrected chi connectivity index (χ4v) is 2.34. The van der Waals surface area contributed by atoms with Crippen LogP contribution in [-0.2, 0) is 5.33 Å². The number of rotatable bonds is 2. The van der Waals surface area contributed by atoms with Crippen molar-refractivity contribution in [3.8, 4) is 0 Å². The number of benzene rings is 1. The quantitative estimate of drug-likeness (QED) is 0.476. The lowest BCUT2D eigenvalue weighted by Gasteiger charge is -2.02. The van der Waals surface area contributed by atoms with E-state index in [2.05, 4.69) is 31.9 Å². The number of halogens is 2. The maximum Gasteiger partial charge on any atom is 0.273 e. The predicted octanol–water partition coefficient (Wildman–Crippen LogP) is 3.56. The highest BCUT2D eigenvalue weighted by Crippen LogP contribution is 2.28. The molecule has 0 heterocycles. The first-order valence-corrected chi connectivity index (χ1v) is 5.47. The van der Waals surface area contributed by atoms with E-state index in [-0.39, 0.29) is 10.6 Å². The minimum Gasteiger partial charge on any atom is -0.258 e. The highest BCUT2D eigenvalue weighted by molar-refractivity contribution is 9.10. The zero-order valence-electron chi connectivity index (χ0n) is 6.88. The van der Waals surface area contributed by atoms with E-state index in [1.807, 2.05) is 0 Å². The van der Waals surface area contributed by atoms with E-state index in [4.69, 9.17) is 0 Å². The Morgan fingerprint density at radius 1 is 1.54 bits per heavy atom. The molecule has 0 fully saturated rings. The third kappa shape index (κ3) is 2.28. The summed E-state index contributed by atoms with van der Waals surface area (Å²) in [6.07, 6.45) is 0. The van der Waals surface area contributed by atoms with E-state index < -0.39 is 0 Å². The van der Waals surface area contributed by atoms with Crippen LogP contribution in [0, 0.1) is 17.0 Å². The van der Waals surface area contributed by atoms with Crippen LogP contribution in [0.15, 0.2) is 16.6 Å². The molecular weight excluding hydrogens is 302 g/mol. The van der Waals surface area contributed by atoms with Gasteiger partial charge in [0.05, 0.1) is 4.92 Å². The monoisotopic (exact) mass is 307 g/mol. The summed E-state index contributed by atoms with van der Waals surface area (Å²) in [5.74, 6) is 0. The molecule has 0 aliphatic carbocycles. The molecule has 1 aromatic carbocycles. The SMILES string of the molecule is Cc1cc(CBr)c(Br)cc1[N+](=O)[O-]. The lowest BCUT2D eigenvalue weighted by atomic mass is 10.1. The normalized spacial score (nSPS) is 10.1. The molecule has 0 amide bonds. The molecule has 1 aromatic rings. The Balaban J connectivity index is 3.28. The van der Waals surface area contributed by atoms with Crippen LogP contribution in [0.1, 0.15) is 11.1 Å². The van der Waals surface area contributed by atoms with Crippen LogP contribution in [0.2, 0.25) is 0 Å². The Bertz CT molecular complexity index is 352. The average Bonchev–Trinajstić information content (AvgIpc) is 2.07. The van der Waals surface area contributed by atoms with Gasteiger partial charge in [-0.1, -0.05) is 31.9 Å². The number of hydrogen-bond donors (Lipinski definition) is 0. The third-order valence-corrected chi connectivity index (χ3v) is 3.05. The van der Waals surface area contributed by atoms with Crippen LogP contribution in [0.25, 0.3) is 0 Å². The van der Waals surface area contributed by atoms with Crippen molar-refractivity contribution < 1.29 is 4.92 Å². The van der Waals surface area contributed by atoms with Gasteiger partial charge in [0.15, 0.2) is 0 Å². The molecule has 0 unspecified atom stereocenters. The summed E-state index contributed by atoms with van der Waals surface area (Å²) in [5.41, 5.74) is 1.85. The van der Waals surface area contributed by atoms with E-state index in [0.717, 1.165) is 10.0 Å². The molecular formula is C8H7Br2NO2. The van der Waals surface area contributed by atoms with Crippen LogP contribution < -0.4 is 0 Å². The summed E-state index contributed by atoms with van der Waals surface area (Å²) in [4.78, 5) is 10.2. The molecule has 0 aromatic heterocycles. The number of nitro benzene ring substituents is 1. The van der Waals surface area contributed by atoms with Gasteiger partial charge < -0.3 is 0 Å². The van der Waals surface area contributed by atoms with Gasteiger partial charge in [0, 0.05) is 21.4 Å². The molecule has 5 heteroatoms. The van der Waals surface area contributed by atoms with Crippen LogP contribution >= 0.6 is 31.9 Å². The van der Waals surface area contributed by atoms with Crippen LogP contribution in [0.3, 0.4) is 0 Å². The van der Waals surface area contributed by atoms with Crippen molar-refractivity contribution in [1.29, 1.82) is 0 Å². The molecule has 0 N–H and O–H groups in total. The highest BCUT2D eigenvalue weighted by Gasteiger charge is 2.12. The molecule has 0 atom stereocenters. The fourth-order valence-electron chi connectivity index (χ4n) is 1.03. The van der Waals surface area contributed by atoms with E-state index in [9.17, 15) is 10.1 Å². The van der Waals surface area contributed by atoms with Crippen molar-refractivity contribution >= 4 is 37.5 Å². The second-order valence-electron chi connectivity index (χ2n) is 2.62. The van der Waals surface area contributed by atoms with E-state index >= 15 is 0 Å². The highest BCUT2D eigenvalue weighted by atomic mass is 79.9. The summed E-state index contributed by atoms with van der Waals surface area (Å²) >= 11 is 6.58. The van der Waals surface area contributed by atoms with Crippen molar-refractivity contribution in [2.75, 3.05) is 0 Å². The van der Waals surface area contributed by atoms with Crippen LogP contribution in [0.5, 0.6) is 0 Å². The second kappa shape index (κ2) is 4.19. The predicted molar refractivity (Wildman–Crippen MR) is 58.2 cm³/mol. The van der Waals surface area contributed by atoms with Gasteiger partial charge in [0.25, 0.3) is 5.69 Å². The van der Waals surface area contributed by atoms with Crippen LogP contribution in [0.4, 0.5) is 5.69 Å².